The number of hydrogen-bond acceptors (Lipinski definition) is 4. The highest BCUT2D eigenvalue weighted by Crippen LogP contribution is 2.32. The molecule has 1 saturated heterocycles. The molecule has 0 atom stereocenters. The first kappa shape index (κ1) is 28.0. The van der Waals surface area contributed by atoms with E-state index in [2.05, 4.69) is 43.3 Å². The number of nitrogens with one attached hydrogen (secondary N) is 1. The third kappa shape index (κ3) is 6.25. The van der Waals surface area contributed by atoms with E-state index in [4.69, 9.17) is 28.2 Å². The van der Waals surface area contributed by atoms with Gasteiger partial charge in [0.1, 0.15) is 12.4 Å². The Morgan fingerprint density at radius 1 is 1.02 bits per heavy atom. The molecule has 3 aromatic carbocycles. The van der Waals surface area contributed by atoms with Gasteiger partial charge in [-0.05, 0) is 53.9 Å². The number of nitrogens with zero attached hydrogens (tertiary/aromatic N) is 3. The zero-order valence-electron chi connectivity index (χ0n) is 21.8. The van der Waals surface area contributed by atoms with Gasteiger partial charge in [-0.15, -0.1) is 0 Å². The number of imidazole rings is 1. The number of benzene rings is 3. The highest BCUT2D eigenvalue weighted by molar-refractivity contribution is 7.92. The van der Waals surface area contributed by atoms with Crippen LogP contribution in [0.3, 0.4) is 0 Å². The van der Waals surface area contributed by atoms with Crippen LogP contribution >= 0.6 is 23.2 Å². The summed E-state index contributed by atoms with van der Waals surface area (Å²) >= 11 is 12.6. The van der Waals surface area contributed by atoms with E-state index in [0.717, 1.165) is 33.2 Å². The topological polar surface area (TPSA) is 84.3 Å². The summed E-state index contributed by atoms with van der Waals surface area (Å²) in [6.07, 6.45) is 10.1. The summed E-state index contributed by atoms with van der Waals surface area (Å²) in [6, 6.07) is 20.6. The van der Waals surface area contributed by atoms with Crippen LogP contribution in [0.25, 0.3) is 23.0 Å². The van der Waals surface area contributed by atoms with Crippen LogP contribution in [0.2, 0.25) is 10.0 Å². The van der Waals surface area contributed by atoms with Gasteiger partial charge < -0.3 is 4.57 Å². The van der Waals surface area contributed by atoms with Crippen LogP contribution in [0.1, 0.15) is 43.1 Å². The molecule has 1 aromatic heterocycles. The molecule has 0 saturated carbocycles. The minimum absolute atomic E-state index is 0.270. The number of hydrogen-bond donors (Lipinski definition) is 1. The Labute approximate surface area is 244 Å². The molecule has 4 aromatic rings. The maximum absolute atomic E-state index is 12.5. The quantitative estimate of drug-likeness (QED) is 0.215. The second kappa shape index (κ2) is 11.9. The fourth-order valence-corrected chi connectivity index (χ4v) is 6.19. The molecule has 5 rings (SSSR count). The first-order valence-electron chi connectivity index (χ1n) is 13.0. The van der Waals surface area contributed by atoms with E-state index in [9.17, 15) is 13.2 Å². The van der Waals surface area contributed by atoms with Crippen LogP contribution in [0.15, 0.2) is 79.0 Å². The van der Waals surface area contributed by atoms with E-state index in [1.165, 1.54) is 12.8 Å². The molecule has 10 heteroatoms. The van der Waals surface area contributed by atoms with Crippen LogP contribution in [-0.4, -0.2) is 30.4 Å². The lowest BCUT2D eigenvalue weighted by atomic mass is 10.1. The SMILES string of the molecule is CCCC/C=C/c1ccc(Cc2nc(-c3ccc(Cl)cc3Cl)cn2-c2cccc(N3CC(=O)NS3(=O)=O)c2)cc1. The van der Waals surface area contributed by atoms with Crippen LogP contribution in [0.5, 0.6) is 0 Å². The average molecular weight is 596 g/mol. The molecule has 40 heavy (non-hydrogen) atoms. The van der Waals surface area contributed by atoms with Crippen LogP contribution in [0, 0.1) is 0 Å². The fourth-order valence-electron chi connectivity index (χ4n) is 4.54. The van der Waals surface area contributed by atoms with Crippen molar-refractivity contribution in [1.82, 2.24) is 14.3 Å². The van der Waals surface area contributed by atoms with Crippen molar-refractivity contribution in [3.05, 3.63) is 106 Å². The highest BCUT2D eigenvalue weighted by Gasteiger charge is 2.34. The highest BCUT2D eigenvalue weighted by atomic mass is 35.5. The minimum atomic E-state index is -3.94. The molecule has 1 aliphatic rings. The van der Waals surface area contributed by atoms with Crippen LogP contribution < -0.4 is 9.03 Å². The van der Waals surface area contributed by atoms with Gasteiger partial charge in [-0.25, -0.2) is 14.0 Å². The maximum Gasteiger partial charge on any atom is 0.326 e. The zero-order chi connectivity index (χ0) is 28.3. The minimum Gasteiger partial charge on any atom is -0.303 e. The number of carbonyl (C=O) groups is 1. The number of amides is 1. The molecule has 0 bridgehead atoms. The largest absolute Gasteiger partial charge is 0.326 e. The molecular formula is C30H28Cl2N4O3S. The maximum atomic E-state index is 12.5. The van der Waals surface area contributed by atoms with E-state index in [1.807, 2.05) is 27.6 Å². The van der Waals surface area contributed by atoms with E-state index in [1.54, 1.807) is 30.3 Å². The lowest BCUT2D eigenvalue weighted by molar-refractivity contribution is -0.117. The monoisotopic (exact) mass is 594 g/mol. The number of carbonyl (C=O) groups excluding carboxylic acids is 1. The Kier molecular flexibility index (Phi) is 8.30. The number of rotatable bonds is 9. The summed E-state index contributed by atoms with van der Waals surface area (Å²) in [5, 5.41) is 1.00. The van der Waals surface area contributed by atoms with Crippen LogP contribution in [-0.2, 0) is 21.4 Å². The summed E-state index contributed by atoms with van der Waals surface area (Å²) < 4.78 is 29.9. The Morgan fingerprint density at radius 3 is 2.50 bits per heavy atom. The first-order chi connectivity index (χ1) is 19.2. The van der Waals surface area contributed by atoms with E-state index < -0.39 is 16.1 Å². The molecule has 1 N–H and O–H groups in total. The number of halogens is 2. The van der Waals surface area contributed by atoms with Crippen molar-refractivity contribution in [3.8, 4) is 16.9 Å². The van der Waals surface area contributed by atoms with Crippen molar-refractivity contribution in [2.75, 3.05) is 10.8 Å². The third-order valence-electron chi connectivity index (χ3n) is 6.58. The number of aromatic nitrogens is 2. The molecule has 1 fully saturated rings. The molecule has 0 aliphatic carbocycles. The Balaban J connectivity index is 1.52. The van der Waals surface area contributed by atoms with Gasteiger partial charge in [0.05, 0.1) is 16.4 Å². The lowest BCUT2D eigenvalue weighted by Crippen LogP contribution is -2.29. The fraction of sp³-hybridized carbons (Fsp3) is 0.200. The van der Waals surface area contributed by atoms with Gasteiger partial charge in [0.15, 0.2) is 0 Å². The summed E-state index contributed by atoms with van der Waals surface area (Å²) in [6.45, 7) is 1.91. The van der Waals surface area contributed by atoms with Gasteiger partial charge in [-0.2, -0.15) is 8.42 Å². The zero-order valence-corrected chi connectivity index (χ0v) is 24.2. The third-order valence-corrected chi connectivity index (χ3v) is 8.53. The molecule has 7 nitrogen and oxygen atoms in total. The molecule has 0 spiro atoms. The smallest absolute Gasteiger partial charge is 0.303 e. The predicted octanol–water partition coefficient (Wildman–Crippen LogP) is 6.82. The van der Waals surface area contributed by atoms with E-state index >= 15 is 0 Å². The summed E-state index contributed by atoms with van der Waals surface area (Å²) in [5.41, 5.74) is 4.66. The molecule has 1 aliphatic heterocycles. The van der Waals surface area contributed by atoms with Gasteiger partial charge >= 0.3 is 10.2 Å². The standard InChI is InChI=1S/C30H28Cl2N4O3S/c1-2-3-4-5-7-21-10-12-22(13-11-21)16-29-33-28(26-15-14-23(31)17-27(26)32)19-35(29)24-8-6-9-25(18-24)36-20-30(37)34-40(36,38)39/h5-15,17-19H,2-4,16,20H2,1H3,(H,34,37)/b7-5+. The van der Waals surface area contributed by atoms with Crippen molar-refractivity contribution >= 4 is 51.1 Å². The molecule has 206 valence electrons. The molecule has 2 heterocycles. The number of allylic oxidation sites excluding steroid dienone is 1. The van der Waals surface area contributed by atoms with E-state index in [-0.39, 0.29) is 6.54 Å². The van der Waals surface area contributed by atoms with Gasteiger partial charge in [0.25, 0.3) is 5.91 Å². The van der Waals surface area contributed by atoms with Crippen molar-refractivity contribution in [1.29, 1.82) is 0 Å². The average Bonchev–Trinajstić information content (AvgIpc) is 3.46. The summed E-state index contributed by atoms with van der Waals surface area (Å²) in [7, 11) is -3.94. The predicted molar refractivity (Wildman–Crippen MR) is 161 cm³/mol. The van der Waals surface area contributed by atoms with Gasteiger partial charge in [-0.1, -0.05) is 85.5 Å². The lowest BCUT2D eigenvalue weighted by Gasteiger charge is -2.16. The Morgan fingerprint density at radius 2 is 1.80 bits per heavy atom. The molecule has 0 unspecified atom stereocenters. The molecule has 1 amide bonds. The number of anilines is 1. The van der Waals surface area contributed by atoms with Gasteiger partial charge in [-0.3, -0.25) is 4.79 Å². The second-order valence-corrected chi connectivity index (χ2v) is 12.0. The molecular weight excluding hydrogens is 567 g/mol. The first-order valence-corrected chi connectivity index (χ1v) is 15.2. The van der Waals surface area contributed by atoms with Crippen molar-refractivity contribution in [2.24, 2.45) is 0 Å². The Bertz CT molecular complexity index is 1680. The van der Waals surface area contributed by atoms with Crippen LogP contribution in [0.4, 0.5) is 5.69 Å². The second-order valence-electron chi connectivity index (χ2n) is 9.56. The normalized spacial score (nSPS) is 14.7. The van der Waals surface area contributed by atoms with Crippen molar-refractivity contribution in [3.63, 3.8) is 0 Å². The van der Waals surface area contributed by atoms with E-state index in [0.29, 0.717) is 33.5 Å². The van der Waals surface area contributed by atoms with Gasteiger partial charge in [0.2, 0.25) is 0 Å². The summed E-state index contributed by atoms with van der Waals surface area (Å²) in [5.74, 6) is 0.167. The van der Waals surface area contributed by atoms with Gasteiger partial charge in [0, 0.05) is 28.9 Å². The van der Waals surface area contributed by atoms with Crippen molar-refractivity contribution < 1.29 is 13.2 Å². The molecule has 0 radical (unpaired) electrons. The summed E-state index contributed by atoms with van der Waals surface area (Å²) in [4.78, 5) is 16.7. The van der Waals surface area contributed by atoms with Crippen molar-refractivity contribution in [2.45, 2.75) is 32.6 Å². The number of unbranched alkanes of at least 4 members (excludes halogenated alkanes) is 2. The Hall–Kier alpha value is -3.59.